The maximum atomic E-state index is 13.8. The molecule has 0 aliphatic rings. The Kier molecular flexibility index (Phi) is 9.71. The van der Waals surface area contributed by atoms with Gasteiger partial charge in [0.2, 0.25) is 11.8 Å². The second-order valence-corrected chi connectivity index (χ2v) is 11.0. The molecule has 0 saturated heterocycles. The first-order valence-corrected chi connectivity index (χ1v) is 13.9. The normalized spacial score (nSPS) is 11.9. The highest BCUT2D eigenvalue weighted by Gasteiger charge is 2.32. The van der Waals surface area contributed by atoms with Crippen molar-refractivity contribution >= 4 is 43.5 Å². The van der Waals surface area contributed by atoms with Gasteiger partial charge in [0, 0.05) is 17.6 Å². The number of amides is 2. The molecular formula is C27H30BrN3O5S. The lowest BCUT2D eigenvalue weighted by Gasteiger charge is -2.32. The van der Waals surface area contributed by atoms with Gasteiger partial charge in [-0.15, -0.1) is 0 Å². The molecule has 8 nitrogen and oxygen atoms in total. The monoisotopic (exact) mass is 587 g/mol. The third-order valence-corrected chi connectivity index (χ3v) is 7.99. The van der Waals surface area contributed by atoms with Crippen molar-refractivity contribution in [2.75, 3.05) is 24.5 Å². The highest BCUT2D eigenvalue weighted by molar-refractivity contribution is 9.10. The van der Waals surface area contributed by atoms with E-state index in [0.29, 0.717) is 22.5 Å². The van der Waals surface area contributed by atoms with Crippen LogP contribution >= 0.6 is 15.9 Å². The van der Waals surface area contributed by atoms with Crippen molar-refractivity contribution in [2.24, 2.45) is 0 Å². The van der Waals surface area contributed by atoms with Gasteiger partial charge in [0.25, 0.3) is 10.0 Å². The zero-order valence-corrected chi connectivity index (χ0v) is 23.3. The summed E-state index contributed by atoms with van der Waals surface area (Å²) in [6.07, 6.45) is 0. The Morgan fingerprint density at radius 1 is 1.00 bits per heavy atom. The SMILES string of the molecule is CCNC(=O)[C@@H](C)N(Cc1cccc(OC)c1)C(=O)CN(c1cccc(Br)c1)S(=O)(=O)c1ccccc1. The quantitative estimate of drug-likeness (QED) is 0.362. The molecule has 0 bridgehead atoms. The fourth-order valence-electron chi connectivity index (χ4n) is 3.75. The fourth-order valence-corrected chi connectivity index (χ4v) is 5.57. The number of hydrogen-bond acceptors (Lipinski definition) is 5. The van der Waals surface area contributed by atoms with E-state index in [4.69, 9.17) is 4.74 Å². The number of rotatable bonds is 11. The molecular weight excluding hydrogens is 558 g/mol. The zero-order valence-electron chi connectivity index (χ0n) is 20.9. The van der Waals surface area contributed by atoms with E-state index < -0.39 is 28.5 Å². The molecule has 1 atom stereocenters. The van der Waals surface area contributed by atoms with Crippen molar-refractivity contribution in [1.82, 2.24) is 10.2 Å². The summed E-state index contributed by atoms with van der Waals surface area (Å²) >= 11 is 3.38. The number of hydrogen-bond donors (Lipinski definition) is 1. The minimum Gasteiger partial charge on any atom is -0.497 e. The number of anilines is 1. The lowest BCUT2D eigenvalue weighted by atomic mass is 10.1. The molecule has 1 N–H and O–H groups in total. The number of halogens is 1. The number of sulfonamides is 1. The summed E-state index contributed by atoms with van der Waals surface area (Å²) in [4.78, 5) is 28.0. The van der Waals surface area contributed by atoms with Gasteiger partial charge in [0.1, 0.15) is 18.3 Å². The van der Waals surface area contributed by atoms with Crippen LogP contribution in [0.3, 0.4) is 0 Å². The topological polar surface area (TPSA) is 96.0 Å². The van der Waals surface area contributed by atoms with Crippen LogP contribution < -0.4 is 14.4 Å². The van der Waals surface area contributed by atoms with Gasteiger partial charge in [-0.3, -0.25) is 13.9 Å². The van der Waals surface area contributed by atoms with Crippen LogP contribution in [0.25, 0.3) is 0 Å². The average Bonchev–Trinajstić information content (AvgIpc) is 2.90. The molecule has 10 heteroatoms. The molecule has 0 spiro atoms. The molecule has 0 saturated carbocycles. The summed E-state index contributed by atoms with van der Waals surface area (Å²) in [7, 11) is -2.55. The Bertz CT molecular complexity index is 1330. The van der Waals surface area contributed by atoms with E-state index in [1.165, 1.54) is 17.0 Å². The summed E-state index contributed by atoms with van der Waals surface area (Å²) in [6, 6.07) is 21.0. The zero-order chi connectivity index (χ0) is 27.0. The van der Waals surface area contributed by atoms with E-state index in [0.717, 1.165) is 9.87 Å². The standard InChI is InChI=1S/C27H30BrN3O5S/c1-4-29-27(33)20(2)30(18-21-10-8-13-24(16-21)36-3)26(32)19-31(23-12-9-11-22(28)17-23)37(34,35)25-14-6-5-7-15-25/h5-17,20H,4,18-19H2,1-3H3,(H,29,33)/t20-/m1/s1. The molecule has 3 aromatic rings. The molecule has 0 radical (unpaired) electrons. The van der Waals surface area contributed by atoms with Crippen LogP contribution in [0.2, 0.25) is 0 Å². The van der Waals surface area contributed by atoms with Gasteiger partial charge < -0.3 is 15.0 Å². The van der Waals surface area contributed by atoms with Crippen LogP contribution in [0, 0.1) is 0 Å². The van der Waals surface area contributed by atoms with Crippen LogP contribution in [0.4, 0.5) is 5.69 Å². The summed E-state index contributed by atoms with van der Waals surface area (Å²) in [6.45, 7) is 3.41. The third kappa shape index (κ3) is 7.11. The lowest BCUT2D eigenvalue weighted by Crippen LogP contribution is -2.51. The van der Waals surface area contributed by atoms with E-state index in [-0.39, 0.29) is 17.3 Å². The first-order chi connectivity index (χ1) is 17.7. The van der Waals surface area contributed by atoms with Crippen molar-refractivity contribution in [2.45, 2.75) is 31.3 Å². The Hall–Kier alpha value is -3.37. The first kappa shape index (κ1) is 28.2. The summed E-state index contributed by atoms with van der Waals surface area (Å²) in [5.41, 5.74) is 1.06. The first-order valence-electron chi connectivity index (χ1n) is 11.7. The number of nitrogens with one attached hydrogen (secondary N) is 1. The maximum absolute atomic E-state index is 13.8. The van der Waals surface area contributed by atoms with E-state index in [1.54, 1.807) is 81.6 Å². The summed E-state index contributed by atoms with van der Waals surface area (Å²) in [5.74, 6) is -0.252. The van der Waals surface area contributed by atoms with Gasteiger partial charge in [-0.2, -0.15) is 0 Å². The van der Waals surface area contributed by atoms with Gasteiger partial charge in [-0.05, 0) is 61.9 Å². The second-order valence-electron chi connectivity index (χ2n) is 8.25. The van der Waals surface area contributed by atoms with E-state index in [9.17, 15) is 18.0 Å². The van der Waals surface area contributed by atoms with Crippen molar-refractivity contribution in [3.05, 3.63) is 88.9 Å². The number of likely N-dealkylation sites (N-methyl/N-ethyl adjacent to an activating group) is 1. The van der Waals surface area contributed by atoms with Crippen LogP contribution in [0.15, 0.2) is 88.2 Å². The summed E-state index contributed by atoms with van der Waals surface area (Å²) < 4.78 is 34.4. The highest BCUT2D eigenvalue weighted by atomic mass is 79.9. The minimum atomic E-state index is -4.09. The minimum absolute atomic E-state index is 0.0545. The molecule has 37 heavy (non-hydrogen) atoms. The van der Waals surface area contributed by atoms with Crippen LogP contribution in [0.1, 0.15) is 19.4 Å². The number of ether oxygens (including phenoxy) is 1. The smallest absolute Gasteiger partial charge is 0.264 e. The Morgan fingerprint density at radius 2 is 1.70 bits per heavy atom. The fraction of sp³-hybridized carbons (Fsp3) is 0.259. The molecule has 3 aromatic carbocycles. The lowest BCUT2D eigenvalue weighted by molar-refractivity contribution is -0.139. The molecule has 0 unspecified atom stereocenters. The molecule has 0 heterocycles. The van der Waals surface area contributed by atoms with E-state index in [2.05, 4.69) is 21.2 Å². The molecule has 0 aliphatic carbocycles. The molecule has 196 valence electrons. The van der Waals surface area contributed by atoms with Crippen molar-refractivity contribution < 1.29 is 22.7 Å². The van der Waals surface area contributed by atoms with Crippen molar-refractivity contribution in [3.8, 4) is 5.75 Å². The largest absolute Gasteiger partial charge is 0.497 e. The van der Waals surface area contributed by atoms with E-state index >= 15 is 0 Å². The maximum Gasteiger partial charge on any atom is 0.264 e. The predicted octanol–water partition coefficient (Wildman–Crippen LogP) is 4.21. The van der Waals surface area contributed by atoms with Crippen LogP contribution in [0.5, 0.6) is 5.75 Å². The second kappa shape index (κ2) is 12.7. The average molecular weight is 589 g/mol. The Morgan fingerprint density at radius 3 is 2.35 bits per heavy atom. The Labute approximate surface area is 226 Å². The molecule has 3 rings (SSSR count). The van der Waals surface area contributed by atoms with Crippen molar-refractivity contribution in [3.63, 3.8) is 0 Å². The molecule has 2 amide bonds. The van der Waals surface area contributed by atoms with Gasteiger partial charge in [-0.25, -0.2) is 8.42 Å². The van der Waals surface area contributed by atoms with Gasteiger partial charge in [0.15, 0.2) is 0 Å². The number of carbonyl (C=O) groups excluding carboxylic acids is 2. The summed E-state index contributed by atoms with van der Waals surface area (Å²) in [5, 5.41) is 2.74. The van der Waals surface area contributed by atoms with Crippen LogP contribution in [-0.4, -0.2) is 51.4 Å². The molecule has 0 aliphatic heterocycles. The van der Waals surface area contributed by atoms with Crippen molar-refractivity contribution in [1.29, 1.82) is 0 Å². The number of carbonyl (C=O) groups is 2. The highest BCUT2D eigenvalue weighted by Crippen LogP contribution is 2.27. The number of methoxy groups -OCH3 is 1. The Balaban J connectivity index is 2.02. The van der Waals surface area contributed by atoms with E-state index in [1.807, 2.05) is 6.07 Å². The predicted molar refractivity (Wildman–Crippen MR) is 147 cm³/mol. The number of nitrogens with zero attached hydrogens (tertiary/aromatic N) is 2. The van der Waals surface area contributed by atoms with Gasteiger partial charge >= 0.3 is 0 Å². The van der Waals surface area contributed by atoms with Gasteiger partial charge in [0.05, 0.1) is 17.7 Å². The molecule has 0 aromatic heterocycles. The van der Waals surface area contributed by atoms with Gasteiger partial charge in [-0.1, -0.05) is 52.3 Å². The number of benzene rings is 3. The van der Waals surface area contributed by atoms with Crippen LogP contribution in [-0.2, 0) is 26.2 Å². The third-order valence-electron chi connectivity index (χ3n) is 5.71. The molecule has 0 fully saturated rings.